The highest BCUT2D eigenvalue weighted by molar-refractivity contribution is 7.99. The quantitative estimate of drug-likeness (QED) is 0.817. The van der Waals surface area contributed by atoms with E-state index in [0.29, 0.717) is 12.1 Å². The molecule has 0 aliphatic heterocycles. The van der Waals surface area contributed by atoms with Gasteiger partial charge in [-0.2, -0.15) is 11.8 Å². The molecule has 0 heterocycles. The molecule has 3 atom stereocenters. The van der Waals surface area contributed by atoms with Crippen molar-refractivity contribution in [2.45, 2.75) is 63.3 Å². The summed E-state index contributed by atoms with van der Waals surface area (Å²) in [5, 5.41) is 4.71. The second kappa shape index (κ2) is 7.35. The molecule has 0 spiro atoms. The molecule has 0 aromatic heterocycles. The van der Waals surface area contributed by atoms with Crippen LogP contribution in [0.2, 0.25) is 0 Å². The summed E-state index contributed by atoms with van der Waals surface area (Å²) < 4.78 is 0. The van der Waals surface area contributed by atoms with Gasteiger partial charge in [0.25, 0.3) is 0 Å². The lowest BCUT2D eigenvalue weighted by molar-refractivity contribution is 0.435. The molecule has 0 amide bonds. The van der Waals surface area contributed by atoms with Crippen molar-refractivity contribution >= 4 is 11.8 Å². The van der Waals surface area contributed by atoms with Crippen molar-refractivity contribution in [2.75, 3.05) is 6.26 Å². The van der Waals surface area contributed by atoms with Crippen LogP contribution in [0.5, 0.6) is 0 Å². The Morgan fingerprint density at radius 1 is 1.21 bits per heavy atom. The number of hydrogen-bond donors (Lipinski definition) is 1. The average Bonchev–Trinajstić information content (AvgIpc) is 2.92. The molecule has 0 radical (unpaired) electrons. The Morgan fingerprint density at radius 3 is 2.53 bits per heavy atom. The molecular weight excluding hydrogens is 250 g/mol. The molecule has 1 aromatic rings. The third kappa shape index (κ3) is 3.76. The summed E-state index contributed by atoms with van der Waals surface area (Å²) in [6.07, 6.45) is 8.65. The molecule has 1 saturated carbocycles. The second-order valence-corrected chi connectivity index (χ2v) is 6.61. The fraction of sp³-hybridized carbons (Fsp3) is 0.647. The van der Waals surface area contributed by atoms with E-state index in [9.17, 15) is 0 Å². The normalized spacial score (nSPS) is 24.6. The molecule has 3 unspecified atom stereocenters. The van der Waals surface area contributed by atoms with Crippen LogP contribution in [0.1, 0.15) is 56.7 Å². The SMILES string of the molecule is CCc1ccc(C(CC)NC2CCCC2SC)cc1. The van der Waals surface area contributed by atoms with Crippen LogP contribution in [0.3, 0.4) is 0 Å². The molecule has 2 rings (SSSR count). The van der Waals surface area contributed by atoms with Gasteiger partial charge in [0, 0.05) is 17.3 Å². The number of nitrogens with one attached hydrogen (secondary N) is 1. The van der Waals surface area contributed by atoms with Gasteiger partial charge in [-0.25, -0.2) is 0 Å². The van der Waals surface area contributed by atoms with Crippen LogP contribution < -0.4 is 5.32 Å². The fourth-order valence-electron chi connectivity index (χ4n) is 3.09. The Morgan fingerprint density at radius 2 is 1.95 bits per heavy atom. The molecule has 106 valence electrons. The minimum Gasteiger partial charge on any atom is -0.306 e. The summed E-state index contributed by atoms with van der Waals surface area (Å²) in [6.45, 7) is 4.50. The van der Waals surface area contributed by atoms with Crippen molar-refractivity contribution in [3.63, 3.8) is 0 Å². The van der Waals surface area contributed by atoms with Gasteiger partial charge in [0.1, 0.15) is 0 Å². The molecule has 1 aliphatic rings. The Labute approximate surface area is 122 Å². The van der Waals surface area contributed by atoms with Gasteiger partial charge in [0.15, 0.2) is 0 Å². The van der Waals surface area contributed by atoms with E-state index in [2.05, 4.69) is 49.7 Å². The highest BCUT2D eigenvalue weighted by Gasteiger charge is 2.28. The first kappa shape index (κ1) is 14.9. The van der Waals surface area contributed by atoms with Crippen LogP contribution in [0.4, 0.5) is 0 Å². The Hall–Kier alpha value is -0.470. The molecule has 1 aliphatic carbocycles. The third-order valence-electron chi connectivity index (χ3n) is 4.37. The Kier molecular flexibility index (Phi) is 5.77. The monoisotopic (exact) mass is 277 g/mol. The standard InChI is InChI=1S/C17H27NS/c1-4-13-9-11-14(12-10-13)15(5-2)18-16-7-6-8-17(16)19-3/h9-12,15-18H,4-8H2,1-3H3. The number of rotatable bonds is 6. The van der Waals surface area contributed by atoms with Gasteiger partial charge >= 0.3 is 0 Å². The van der Waals surface area contributed by atoms with E-state index < -0.39 is 0 Å². The van der Waals surface area contributed by atoms with Crippen molar-refractivity contribution in [3.05, 3.63) is 35.4 Å². The van der Waals surface area contributed by atoms with Gasteiger partial charge in [-0.05, 0) is 43.1 Å². The molecule has 1 nitrogen and oxygen atoms in total. The van der Waals surface area contributed by atoms with Crippen molar-refractivity contribution in [3.8, 4) is 0 Å². The van der Waals surface area contributed by atoms with Crippen LogP contribution in [0.15, 0.2) is 24.3 Å². The zero-order valence-corrected chi connectivity index (χ0v) is 13.3. The molecule has 1 N–H and O–H groups in total. The maximum absolute atomic E-state index is 3.90. The predicted octanol–water partition coefficient (Wildman–Crippen LogP) is 4.57. The molecule has 0 bridgehead atoms. The Bertz CT molecular complexity index is 373. The fourth-order valence-corrected chi connectivity index (χ4v) is 4.04. The zero-order valence-electron chi connectivity index (χ0n) is 12.5. The van der Waals surface area contributed by atoms with Crippen molar-refractivity contribution in [2.24, 2.45) is 0 Å². The highest BCUT2D eigenvalue weighted by atomic mass is 32.2. The summed E-state index contributed by atoms with van der Waals surface area (Å²) in [6, 6.07) is 10.4. The summed E-state index contributed by atoms with van der Waals surface area (Å²) in [4.78, 5) is 0. The minimum absolute atomic E-state index is 0.517. The number of aryl methyl sites for hydroxylation is 1. The van der Waals surface area contributed by atoms with E-state index >= 15 is 0 Å². The lowest BCUT2D eigenvalue weighted by atomic mass is 10.0. The van der Waals surface area contributed by atoms with Gasteiger partial charge in [-0.1, -0.05) is 44.5 Å². The average molecular weight is 277 g/mol. The first-order valence-electron chi connectivity index (χ1n) is 7.66. The maximum Gasteiger partial charge on any atom is 0.0320 e. The van der Waals surface area contributed by atoms with Gasteiger partial charge < -0.3 is 5.32 Å². The first-order chi connectivity index (χ1) is 9.28. The van der Waals surface area contributed by atoms with Gasteiger partial charge in [0.2, 0.25) is 0 Å². The summed E-state index contributed by atoms with van der Waals surface area (Å²) in [5.74, 6) is 0. The van der Waals surface area contributed by atoms with E-state index in [-0.39, 0.29) is 0 Å². The van der Waals surface area contributed by atoms with Crippen molar-refractivity contribution in [1.82, 2.24) is 5.32 Å². The summed E-state index contributed by atoms with van der Waals surface area (Å²) in [7, 11) is 0. The molecule has 19 heavy (non-hydrogen) atoms. The van der Waals surface area contributed by atoms with E-state index in [0.717, 1.165) is 11.7 Å². The van der Waals surface area contributed by atoms with E-state index in [1.54, 1.807) is 0 Å². The van der Waals surface area contributed by atoms with Crippen molar-refractivity contribution in [1.29, 1.82) is 0 Å². The van der Waals surface area contributed by atoms with Crippen molar-refractivity contribution < 1.29 is 0 Å². The summed E-state index contributed by atoms with van der Waals surface area (Å²) in [5.41, 5.74) is 2.88. The number of thioether (sulfide) groups is 1. The van der Waals surface area contributed by atoms with Crippen LogP contribution in [-0.4, -0.2) is 17.5 Å². The highest BCUT2D eigenvalue weighted by Crippen LogP contribution is 2.31. The topological polar surface area (TPSA) is 12.0 Å². The maximum atomic E-state index is 3.90. The lowest BCUT2D eigenvalue weighted by Crippen LogP contribution is -2.36. The van der Waals surface area contributed by atoms with Gasteiger partial charge in [-0.3, -0.25) is 0 Å². The second-order valence-electron chi connectivity index (χ2n) is 5.53. The van der Waals surface area contributed by atoms with Gasteiger partial charge in [-0.15, -0.1) is 0 Å². The first-order valence-corrected chi connectivity index (χ1v) is 8.95. The van der Waals surface area contributed by atoms with E-state index in [4.69, 9.17) is 0 Å². The largest absolute Gasteiger partial charge is 0.306 e. The zero-order chi connectivity index (χ0) is 13.7. The van der Waals surface area contributed by atoms with E-state index in [1.165, 1.54) is 36.8 Å². The van der Waals surface area contributed by atoms with Crippen LogP contribution >= 0.6 is 11.8 Å². The molecule has 1 fully saturated rings. The van der Waals surface area contributed by atoms with Gasteiger partial charge in [0.05, 0.1) is 0 Å². The smallest absolute Gasteiger partial charge is 0.0320 e. The number of hydrogen-bond acceptors (Lipinski definition) is 2. The third-order valence-corrected chi connectivity index (χ3v) is 5.54. The number of benzene rings is 1. The predicted molar refractivity (Wildman–Crippen MR) is 86.9 cm³/mol. The molecular formula is C17H27NS. The molecule has 1 aromatic carbocycles. The van der Waals surface area contributed by atoms with E-state index in [1.807, 2.05) is 11.8 Å². The van der Waals surface area contributed by atoms with Crippen LogP contribution in [0.25, 0.3) is 0 Å². The summed E-state index contributed by atoms with van der Waals surface area (Å²) >= 11 is 2.03. The Balaban J connectivity index is 2.02. The van der Waals surface area contributed by atoms with Crippen LogP contribution in [-0.2, 0) is 6.42 Å². The van der Waals surface area contributed by atoms with Crippen LogP contribution in [0, 0.1) is 0 Å². The molecule has 2 heteroatoms. The minimum atomic E-state index is 0.517. The molecule has 0 saturated heterocycles. The lowest BCUT2D eigenvalue weighted by Gasteiger charge is -2.26.